The lowest BCUT2D eigenvalue weighted by Gasteiger charge is -2.14. The van der Waals surface area contributed by atoms with E-state index < -0.39 is 23.5 Å². The highest BCUT2D eigenvalue weighted by Crippen LogP contribution is 2.36. The van der Waals surface area contributed by atoms with Crippen molar-refractivity contribution in [1.29, 1.82) is 0 Å². The Bertz CT molecular complexity index is 678. The average molecular weight is 299 g/mol. The van der Waals surface area contributed by atoms with Gasteiger partial charge in [-0.25, -0.2) is 14.8 Å². The Morgan fingerprint density at radius 1 is 1.24 bits per heavy atom. The van der Waals surface area contributed by atoms with Crippen LogP contribution in [0.25, 0.3) is 0 Å². The predicted octanol–water partition coefficient (Wildman–Crippen LogP) is 2.66. The van der Waals surface area contributed by atoms with Crippen LogP contribution in [0.15, 0.2) is 18.5 Å². The Hall–Kier alpha value is -2.38. The molecule has 0 aliphatic rings. The molecule has 21 heavy (non-hydrogen) atoms. The Balaban J connectivity index is 2.67. The maximum Gasteiger partial charge on any atom is 0.431 e. The molecule has 2 heterocycles. The normalized spacial score (nSPS) is 11.7. The lowest BCUT2D eigenvalue weighted by molar-refractivity contribution is -0.143. The minimum atomic E-state index is -4.66. The first-order valence-corrected chi connectivity index (χ1v) is 5.99. The van der Waals surface area contributed by atoms with Crippen molar-refractivity contribution in [1.82, 2.24) is 14.5 Å². The van der Waals surface area contributed by atoms with Crippen molar-refractivity contribution in [3.63, 3.8) is 0 Å². The third-order valence-electron chi connectivity index (χ3n) is 3.20. The molecule has 0 atom stereocenters. The number of carbonyl (C=O) groups is 1. The smallest absolute Gasteiger partial charge is 0.431 e. The molecule has 0 saturated carbocycles. The first-order chi connectivity index (χ1) is 9.73. The quantitative estimate of drug-likeness (QED) is 0.946. The number of alkyl halides is 3. The lowest BCUT2D eigenvalue weighted by Crippen LogP contribution is -2.20. The minimum Gasteiger partial charge on any atom is -0.477 e. The van der Waals surface area contributed by atoms with Crippen LogP contribution < -0.4 is 0 Å². The number of carboxylic acids is 1. The van der Waals surface area contributed by atoms with Gasteiger partial charge in [0.1, 0.15) is 17.2 Å². The van der Waals surface area contributed by atoms with E-state index in [2.05, 4.69) is 9.97 Å². The van der Waals surface area contributed by atoms with Crippen molar-refractivity contribution in [2.45, 2.75) is 26.6 Å². The second-order valence-electron chi connectivity index (χ2n) is 4.50. The fourth-order valence-corrected chi connectivity index (χ4v) is 2.22. The second kappa shape index (κ2) is 5.19. The molecule has 0 unspecified atom stereocenters. The maximum atomic E-state index is 13.2. The number of halogens is 3. The zero-order valence-corrected chi connectivity index (χ0v) is 11.3. The molecule has 0 radical (unpaired) electrons. The number of nitrogens with zero attached hydrogens (tertiary/aromatic N) is 3. The van der Waals surface area contributed by atoms with Gasteiger partial charge in [0, 0.05) is 12.4 Å². The number of aromatic nitrogens is 3. The van der Waals surface area contributed by atoms with Crippen LogP contribution in [0.3, 0.4) is 0 Å². The van der Waals surface area contributed by atoms with Crippen molar-refractivity contribution in [3.8, 4) is 0 Å². The number of hydrogen-bond acceptors (Lipinski definition) is 3. The first-order valence-electron chi connectivity index (χ1n) is 5.99. The van der Waals surface area contributed by atoms with E-state index in [0.29, 0.717) is 4.57 Å². The summed E-state index contributed by atoms with van der Waals surface area (Å²) in [5, 5.41) is 9.20. The van der Waals surface area contributed by atoms with Crippen molar-refractivity contribution < 1.29 is 23.1 Å². The molecular formula is C13H12F3N3O2. The van der Waals surface area contributed by atoms with Crippen LogP contribution >= 0.6 is 0 Å². The zero-order chi connectivity index (χ0) is 15.8. The molecule has 2 aromatic heterocycles. The Kier molecular flexibility index (Phi) is 3.71. The van der Waals surface area contributed by atoms with Gasteiger partial charge in [-0.3, -0.25) is 0 Å². The number of carboxylic acid groups (broad SMARTS) is 1. The highest BCUT2D eigenvalue weighted by molar-refractivity contribution is 5.88. The van der Waals surface area contributed by atoms with Crippen molar-refractivity contribution in [2.24, 2.45) is 0 Å². The molecule has 0 aliphatic carbocycles. The summed E-state index contributed by atoms with van der Waals surface area (Å²) in [6, 6.07) is 1.53. The third kappa shape index (κ3) is 2.74. The van der Waals surface area contributed by atoms with E-state index in [9.17, 15) is 23.1 Å². The Labute approximate surface area is 118 Å². The second-order valence-corrected chi connectivity index (χ2v) is 4.50. The van der Waals surface area contributed by atoms with Gasteiger partial charge in [-0.15, -0.1) is 0 Å². The zero-order valence-electron chi connectivity index (χ0n) is 11.3. The Morgan fingerprint density at radius 2 is 1.81 bits per heavy atom. The van der Waals surface area contributed by atoms with Gasteiger partial charge in [0.2, 0.25) is 0 Å². The number of aromatic carboxylic acids is 1. The van der Waals surface area contributed by atoms with Crippen LogP contribution in [-0.2, 0) is 12.7 Å². The molecule has 0 saturated heterocycles. The highest BCUT2D eigenvalue weighted by Gasteiger charge is 2.40. The molecule has 2 rings (SSSR count). The lowest BCUT2D eigenvalue weighted by atomic mass is 10.1. The van der Waals surface area contributed by atoms with Gasteiger partial charge in [0.15, 0.2) is 0 Å². The minimum absolute atomic E-state index is 0.0887. The predicted molar refractivity (Wildman–Crippen MR) is 67.0 cm³/mol. The molecule has 0 fully saturated rings. The molecule has 1 N–H and O–H groups in total. The molecular weight excluding hydrogens is 287 g/mol. The fraction of sp³-hybridized carbons (Fsp3) is 0.308. The first kappa shape index (κ1) is 15.0. The van der Waals surface area contributed by atoms with Crippen molar-refractivity contribution >= 4 is 5.97 Å². The van der Waals surface area contributed by atoms with E-state index in [1.807, 2.05) is 0 Å². The standard InChI is InChI=1S/C13H12F3N3O2/c1-7-8(2)11(13(14,15)16)19(10(7)12(20)21)6-9-17-4-3-5-18-9/h3-5H,6H2,1-2H3,(H,20,21). The summed E-state index contributed by atoms with van der Waals surface area (Å²) in [6.45, 7) is 2.26. The van der Waals surface area contributed by atoms with Crippen LogP contribution in [-0.4, -0.2) is 25.6 Å². The summed E-state index contributed by atoms with van der Waals surface area (Å²) in [4.78, 5) is 19.0. The van der Waals surface area contributed by atoms with E-state index in [0.717, 1.165) is 0 Å². The topological polar surface area (TPSA) is 68.0 Å². The summed E-state index contributed by atoms with van der Waals surface area (Å²) in [5.41, 5.74) is -1.39. The van der Waals surface area contributed by atoms with E-state index >= 15 is 0 Å². The van der Waals surface area contributed by atoms with E-state index in [4.69, 9.17) is 0 Å². The van der Waals surface area contributed by atoms with Gasteiger partial charge in [-0.05, 0) is 31.0 Å². The molecule has 112 valence electrons. The van der Waals surface area contributed by atoms with Gasteiger partial charge < -0.3 is 9.67 Å². The van der Waals surface area contributed by atoms with Gasteiger partial charge >= 0.3 is 12.1 Å². The van der Waals surface area contributed by atoms with Crippen molar-refractivity contribution in [3.05, 3.63) is 46.8 Å². The van der Waals surface area contributed by atoms with Crippen LogP contribution in [0.5, 0.6) is 0 Å². The highest BCUT2D eigenvalue weighted by atomic mass is 19.4. The van der Waals surface area contributed by atoms with Gasteiger partial charge in [0.05, 0.1) is 6.54 Å². The third-order valence-corrected chi connectivity index (χ3v) is 3.20. The fourth-order valence-electron chi connectivity index (χ4n) is 2.22. The van der Waals surface area contributed by atoms with E-state index in [1.54, 1.807) is 0 Å². The van der Waals surface area contributed by atoms with Gasteiger partial charge in [0.25, 0.3) is 0 Å². The van der Waals surface area contributed by atoms with E-state index in [-0.39, 0.29) is 23.5 Å². The molecule has 0 aromatic carbocycles. The summed E-state index contributed by atoms with van der Waals surface area (Å²) in [5.74, 6) is -1.30. The molecule has 0 bridgehead atoms. The summed E-state index contributed by atoms with van der Waals surface area (Å²) >= 11 is 0. The molecule has 2 aromatic rings. The van der Waals surface area contributed by atoms with E-state index in [1.165, 1.54) is 32.3 Å². The van der Waals surface area contributed by atoms with Crippen LogP contribution in [0.2, 0.25) is 0 Å². The molecule has 0 amide bonds. The average Bonchev–Trinajstić information content (AvgIpc) is 2.62. The van der Waals surface area contributed by atoms with Crippen molar-refractivity contribution in [2.75, 3.05) is 0 Å². The van der Waals surface area contributed by atoms with Crippen LogP contribution in [0, 0.1) is 13.8 Å². The van der Waals surface area contributed by atoms with Crippen LogP contribution in [0.4, 0.5) is 13.2 Å². The Morgan fingerprint density at radius 3 is 2.29 bits per heavy atom. The molecule has 8 heteroatoms. The molecule has 0 spiro atoms. The summed E-state index contributed by atoms with van der Waals surface area (Å²) in [7, 11) is 0. The summed E-state index contributed by atoms with van der Waals surface area (Å²) in [6.07, 6.45) is -1.88. The molecule has 5 nitrogen and oxygen atoms in total. The monoisotopic (exact) mass is 299 g/mol. The van der Waals surface area contributed by atoms with Gasteiger partial charge in [-0.1, -0.05) is 0 Å². The number of hydrogen-bond donors (Lipinski definition) is 1. The van der Waals surface area contributed by atoms with Crippen LogP contribution in [0.1, 0.15) is 33.1 Å². The largest absolute Gasteiger partial charge is 0.477 e. The van der Waals surface area contributed by atoms with Gasteiger partial charge in [-0.2, -0.15) is 13.2 Å². The summed E-state index contributed by atoms with van der Waals surface area (Å²) < 4.78 is 40.4. The number of rotatable bonds is 3. The SMILES string of the molecule is Cc1c(C)c(C(F)(F)F)n(Cc2ncccn2)c1C(=O)O. The molecule has 0 aliphatic heterocycles. The maximum absolute atomic E-state index is 13.2.